The maximum Gasteiger partial charge on any atom is 0.296 e. The Balaban J connectivity index is 1.73. The number of alkyl halides is 2. The summed E-state index contributed by atoms with van der Waals surface area (Å²) in [5.74, 6) is -1.95. The molecule has 2 N–H and O–H groups in total. The van der Waals surface area contributed by atoms with Crippen LogP contribution in [0.1, 0.15) is 29.9 Å². The Labute approximate surface area is 214 Å². The molecule has 2 aromatic carbocycles. The van der Waals surface area contributed by atoms with Crippen molar-refractivity contribution >= 4 is 32.2 Å². The summed E-state index contributed by atoms with van der Waals surface area (Å²) in [6, 6.07) is 9.21. The number of nitrogens with zero attached hydrogens (tertiary/aromatic N) is 3. The third kappa shape index (κ3) is 5.91. The van der Waals surface area contributed by atoms with Gasteiger partial charge < -0.3 is 24.8 Å². The fourth-order valence-corrected chi connectivity index (χ4v) is 5.53. The molecule has 2 heterocycles. The molecule has 1 aliphatic rings. The third-order valence-corrected chi connectivity index (χ3v) is 7.97. The molecule has 0 saturated carbocycles. The second-order valence-electron chi connectivity index (χ2n) is 8.96. The minimum Gasteiger partial charge on any atom is -0.495 e. The van der Waals surface area contributed by atoms with E-state index in [2.05, 4.69) is 20.0 Å². The van der Waals surface area contributed by atoms with Crippen LogP contribution in [0.2, 0.25) is 0 Å². The molecular formula is C25H30F2N4O5S. The van der Waals surface area contributed by atoms with Gasteiger partial charge in [-0.1, -0.05) is 18.2 Å². The Bertz CT molecular complexity index is 1370. The topological polar surface area (TPSA) is 114 Å². The number of ether oxygens (including phenoxy) is 2. The fraction of sp³-hybridized carbons (Fsp3) is 0.440. The Morgan fingerprint density at radius 3 is 2.54 bits per heavy atom. The predicted molar refractivity (Wildman–Crippen MR) is 137 cm³/mol. The van der Waals surface area contributed by atoms with Gasteiger partial charge >= 0.3 is 0 Å². The van der Waals surface area contributed by atoms with Crippen molar-refractivity contribution in [3.05, 3.63) is 53.3 Å². The van der Waals surface area contributed by atoms with E-state index in [9.17, 15) is 22.3 Å². The van der Waals surface area contributed by atoms with E-state index in [-0.39, 0.29) is 22.9 Å². The number of halogens is 2. The van der Waals surface area contributed by atoms with E-state index in [1.165, 1.54) is 26.4 Å². The quantitative estimate of drug-likeness (QED) is 0.425. The van der Waals surface area contributed by atoms with Crippen LogP contribution in [0.25, 0.3) is 10.9 Å². The van der Waals surface area contributed by atoms with Gasteiger partial charge in [-0.2, -0.15) is 8.78 Å². The van der Waals surface area contributed by atoms with Crippen molar-refractivity contribution in [1.82, 2.24) is 9.97 Å². The Morgan fingerprint density at radius 2 is 1.89 bits per heavy atom. The number of aromatic nitrogens is 2. The summed E-state index contributed by atoms with van der Waals surface area (Å²) in [6.45, 7) is 1.34. The summed E-state index contributed by atoms with van der Waals surface area (Å²) < 4.78 is 63.0. The summed E-state index contributed by atoms with van der Waals surface area (Å²) in [5, 5.41) is 13.6. The molecule has 9 nitrogen and oxygen atoms in total. The third-order valence-electron chi connectivity index (χ3n) is 6.36. The molecule has 12 heteroatoms. The molecule has 0 amide bonds. The Hall–Kier alpha value is -3.09. The minimum atomic E-state index is -3.14. The number of rotatable bonds is 9. The molecule has 0 aliphatic carbocycles. The molecule has 1 atom stereocenters. The van der Waals surface area contributed by atoms with Crippen LogP contribution in [0.5, 0.6) is 5.75 Å². The lowest BCUT2D eigenvalue weighted by atomic mass is 10.0. The maximum absolute atomic E-state index is 14.4. The van der Waals surface area contributed by atoms with Gasteiger partial charge in [0.15, 0.2) is 15.7 Å². The highest BCUT2D eigenvalue weighted by atomic mass is 32.2. The first kappa shape index (κ1) is 27.0. The van der Waals surface area contributed by atoms with Crippen molar-refractivity contribution in [1.29, 1.82) is 0 Å². The number of aliphatic hydroxyl groups is 1. The largest absolute Gasteiger partial charge is 0.495 e. The number of aliphatic hydroxyl groups excluding tert-OH is 1. The fourth-order valence-electron chi connectivity index (χ4n) is 4.33. The SMILES string of the molecule is COCC(F)(F)c1cccc([C@@H](C)Nc2nc(CO)nc3cc(OC)c(N4CCS(=O)(=O)CC4)cc23)c1. The van der Waals surface area contributed by atoms with E-state index in [1.54, 1.807) is 18.2 Å². The van der Waals surface area contributed by atoms with Crippen molar-refractivity contribution in [2.24, 2.45) is 0 Å². The molecule has 4 rings (SSSR count). The number of hydrogen-bond donors (Lipinski definition) is 2. The Morgan fingerprint density at radius 1 is 1.16 bits per heavy atom. The summed E-state index contributed by atoms with van der Waals surface area (Å²) in [5.41, 5.74) is 1.67. The number of fused-ring (bicyclic) bond motifs is 1. The van der Waals surface area contributed by atoms with Gasteiger partial charge in [-0.25, -0.2) is 18.4 Å². The van der Waals surface area contributed by atoms with Crippen molar-refractivity contribution in [2.45, 2.75) is 25.5 Å². The van der Waals surface area contributed by atoms with Crippen LogP contribution in [0.3, 0.4) is 0 Å². The van der Waals surface area contributed by atoms with Crippen molar-refractivity contribution in [3.63, 3.8) is 0 Å². The molecule has 3 aromatic rings. The molecule has 200 valence electrons. The van der Waals surface area contributed by atoms with E-state index in [0.29, 0.717) is 46.8 Å². The van der Waals surface area contributed by atoms with Gasteiger partial charge in [0.05, 0.1) is 29.8 Å². The van der Waals surface area contributed by atoms with Crippen molar-refractivity contribution in [2.75, 3.05) is 55.6 Å². The van der Waals surface area contributed by atoms with E-state index >= 15 is 0 Å². The zero-order valence-electron chi connectivity index (χ0n) is 20.9. The lowest BCUT2D eigenvalue weighted by Gasteiger charge is -2.30. The minimum absolute atomic E-state index is 0.0420. The molecule has 0 radical (unpaired) electrons. The highest BCUT2D eigenvalue weighted by Crippen LogP contribution is 2.37. The van der Waals surface area contributed by atoms with Crippen LogP contribution in [-0.2, 0) is 27.1 Å². The van der Waals surface area contributed by atoms with Crippen LogP contribution in [0.4, 0.5) is 20.3 Å². The average molecular weight is 537 g/mol. The van der Waals surface area contributed by atoms with Gasteiger partial charge in [-0.3, -0.25) is 0 Å². The standard InChI is InChI=1S/C25H30F2N4O5S/c1-16(17-5-4-6-18(11-17)25(26,27)15-35-2)28-24-19-12-21(31-7-9-37(33,34)10-8-31)22(36-3)13-20(19)29-23(14-32)30-24/h4-6,11-13,16,32H,7-10,14-15H2,1-3H3,(H,28,29,30)/t16-/m1/s1. The summed E-state index contributed by atoms with van der Waals surface area (Å²) >= 11 is 0. The van der Waals surface area contributed by atoms with E-state index in [0.717, 1.165) is 0 Å². The molecule has 1 fully saturated rings. The number of nitrogens with one attached hydrogen (secondary N) is 1. The number of methoxy groups -OCH3 is 2. The normalized spacial score (nSPS) is 16.5. The maximum atomic E-state index is 14.4. The van der Waals surface area contributed by atoms with Crippen LogP contribution in [-0.4, -0.2) is 68.9 Å². The van der Waals surface area contributed by atoms with Crippen LogP contribution < -0.4 is 15.0 Å². The average Bonchev–Trinajstić information content (AvgIpc) is 2.88. The first-order chi connectivity index (χ1) is 17.6. The zero-order valence-corrected chi connectivity index (χ0v) is 21.7. The number of hydrogen-bond acceptors (Lipinski definition) is 9. The molecular weight excluding hydrogens is 506 g/mol. The van der Waals surface area contributed by atoms with Crippen molar-refractivity contribution < 1.29 is 31.8 Å². The Kier molecular flexibility index (Phi) is 7.81. The zero-order chi connectivity index (χ0) is 26.8. The number of anilines is 2. The van der Waals surface area contributed by atoms with Crippen molar-refractivity contribution in [3.8, 4) is 5.75 Å². The summed E-state index contributed by atoms with van der Waals surface area (Å²) in [6.07, 6.45) is 0. The van der Waals surface area contributed by atoms with E-state index in [1.807, 2.05) is 17.9 Å². The predicted octanol–water partition coefficient (Wildman–Crippen LogP) is 3.28. The first-order valence-corrected chi connectivity index (χ1v) is 13.6. The second kappa shape index (κ2) is 10.7. The van der Waals surface area contributed by atoms with Gasteiger partial charge in [0.2, 0.25) is 0 Å². The highest BCUT2D eigenvalue weighted by Gasteiger charge is 2.32. The van der Waals surface area contributed by atoms with Crippen LogP contribution >= 0.6 is 0 Å². The highest BCUT2D eigenvalue weighted by molar-refractivity contribution is 7.91. The summed E-state index contributed by atoms with van der Waals surface area (Å²) in [4.78, 5) is 10.8. The van der Waals surface area contributed by atoms with Gasteiger partial charge in [0.1, 0.15) is 24.8 Å². The molecule has 0 spiro atoms. The van der Waals surface area contributed by atoms with E-state index in [4.69, 9.17) is 4.74 Å². The monoisotopic (exact) mass is 536 g/mol. The molecule has 0 bridgehead atoms. The van der Waals surface area contributed by atoms with Crippen LogP contribution in [0.15, 0.2) is 36.4 Å². The molecule has 1 aliphatic heterocycles. The number of benzene rings is 2. The molecule has 1 aromatic heterocycles. The van der Waals surface area contributed by atoms with Gasteiger partial charge in [0, 0.05) is 43.3 Å². The summed E-state index contributed by atoms with van der Waals surface area (Å²) in [7, 11) is -0.326. The smallest absolute Gasteiger partial charge is 0.296 e. The molecule has 1 saturated heterocycles. The lowest BCUT2D eigenvalue weighted by molar-refractivity contribution is -0.0698. The molecule has 0 unspecified atom stereocenters. The van der Waals surface area contributed by atoms with Gasteiger partial charge in [-0.15, -0.1) is 0 Å². The van der Waals surface area contributed by atoms with Gasteiger partial charge in [-0.05, 0) is 24.6 Å². The lowest BCUT2D eigenvalue weighted by Crippen LogP contribution is -2.40. The van der Waals surface area contributed by atoms with Crippen LogP contribution in [0, 0.1) is 0 Å². The molecule has 37 heavy (non-hydrogen) atoms. The number of sulfone groups is 1. The van der Waals surface area contributed by atoms with E-state index < -0.39 is 35.0 Å². The van der Waals surface area contributed by atoms with Gasteiger partial charge in [0.25, 0.3) is 5.92 Å². The first-order valence-electron chi connectivity index (χ1n) is 11.8. The second-order valence-corrected chi connectivity index (χ2v) is 11.3.